The van der Waals surface area contributed by atoms with E-state index in [2.05, 4.69) is 10.3 Å². The monoisotopic (exact) mass is 310 g/mol. The second-order valence-corrected chi connectivity index (χ2v) is 5.16. The molecule has 1 aromatic heterocycles. The molecular weight excluding hydrogens is 292 g/mol. The van der Waals surface area contributed by atoms with Gasteiger partial charge in [-0.3, -0.25) is 4.79 Å². The largest absolute Gasteiger partial charge is 0.495 e. The number of fused-ring (bicyclic) bond motifs is 1. The number of hydrogen-bond acceptors (Lipinski definition) is 3. The number of aromatic nitrogens is 1. The van der Waals surface area contributed by atoms with Crippen molar-refractivity contribution in [1.82, 2.24) is 4.98 Å². The lowest BCUT2D eigenvalue weighted by atomic mass is 10.1. The number of rotatable bonds is 4. The predicted octanol–water partition coefficient (Wildman–Crippen LogP) is 3.75. The molecule has 5 heteroatoms. The molecule has 118 valence electrons. The van der Waals surface area contributed by atoms with Gasteiger partial charge in [0.2, 0.25) is 0 Å². The third-order valence-electron chi connectivity index (χ3n) is 3.79. The third-order valence-corrected chi connectivity index (χ3v) is 3.79. The number of aryl methyl sites for hydroxylation is 1. The van der Waals surface area contributed by atoms with Gasteiger partial charge in [-0.1, -0.05) is 24.3 Å². The fourth-order valence-electron chi connectivity index (χ4n) is 2.72. The van der Waals surface area contributed by atoms with Gasteiger partial charge in [-0.2, -0.15) is 0 Å². The Hall–Kier alpha value is -2.95. The molecule has 1 amide bonds. The first-order valence-corrected chi connectivity index (χ1v) is 7.25. The molecule has 0 unspecified atom stereocenters. The normalized spacial score (nSPS) is 10.6. The van der Waals surface area contributed by atoms with Gasteiger partial charge < -0.3 is 19.8 Å². The predicted molar refractivity (Wildman–Crippen MR) is 90.5 cm³/mol. The van der Waals surface area contributed by atoms with E-state index in [1.54, 1.807) is 20.3 Å². The zero-order valence-electron chi connectivity index (χ0n) is 13.3. The maximum absolute atomic E-state index is 12.8. The summed E-state index contributed by atoms with van der Waals surface area (Å²) in [6.45, 7) is 1.87. The molecule has 0 saturated heterocycles. The summed E-state index contributed by atoms with van der Waals surface area (Å²) in [5.74, 6) is 1.14. The van der Waals surface area contributed by atoms with Crippen LogP contribution in [0, 0.1) is 6.92 Å². The molecular formula is C18H18N2O3. The summed E-state index contributed by atoms with van der Waals surface area (Å²) in [6, 6.07) is 13.0. The Morgan fingerprint density at radius 3 is 2.43 bits per heavy atom. The minimum atomic E-state index is -0.188. The highest BCUT2D eigenvalue weighted by Gasteiger charge is 2.19. The first-order chi connectivity index (χ1) is 11.2. The number of carbonyl (C=O) groups excluding carboxylic acids is 1. The molecule has 3 aromatic rings. The Kier molecular flexibility index (Phi) is 3.93. The van der Waals surface area contributed by atoms with Crippen molar-refractivity contribution in [1.29, 1.82) is 0 Å². The Morgan fingerprint density at radius 1 is 1.00 bits per heavy atom. The molecule has 5 nitrogen and oxygen atoms in total. The summed E-state index contributed by atoms with van der Waals surface area (Å²) in [5.41, 5.74) is 2.84. The van der Waals surface area contributed by atoms with Crippen LogP contribution in [0.3, 0.4) is 0 Å². The number of H-pyrrole nitrogens is 1. The van der Waals surface area contributed by atoms with Gasteiger partial charge >= 0.3 is 0 Å². The van der Waals surface area contributed by atoms with E-state index >= 15 is 0 Å². The molecule has 0 radical (unpaired) electrons. The third kappa shape index (κ3) is 2.61. The molecule has 2 N–H and O–H groups in total. The summed E-state index contributed by atoms with van der Waals surface area (Å²) in [4.78, 5) is 16.0. The lowest BCUT2D eigenvalue weighted by Crippen LogP contribution is -2.13. The fraction of sp³-hybridized carbons (Fsp3) is 0.167. The summed E-state index contributed by atoms with van der Waals surface area (Å²) >= 11 is 0. The Balaban J connectivity index is 2.03. The maximum Gasteiger partial charge on any atom is 0.258 e. The zero-order valence-corrected chi connectivity index (χ0v) is 13.3. The van der Waals surface area contributed by atoms with E-state index in [0.717, 1.165) is 16.6 Å². The smallest absolute Gasteiger partial charge is 0.258 e. The van der Waals surface area contributed by atoms with E-state index in [9.17, 15) is 4.79 Å². The molecule has 0 fully saturated rings. The minimum Gasteiger partial charge on any atom is -0.495 e. The molecule has 2 aromatic carbocycles. The number of ether oxygens (including phenoxy) is 2. The minimum absolute atomic E-state index is 0.188. The molecule has 0 atom stereocenters. The van der Waals surface area contributed by atoms with Crippen LogP contribution in [0.25, 0.3) is 10.9 Å². The SMILES string of the molecule is COc1ccccc1NC(=O)c1c(C)[nH]c2c(OC)cccc12. The van der Waals surface area contributed by atoms with Crippen LogP contribution in [0.5, 0.6) is 11.5 Å². The van der Waals surface area contributed by atoms with Crippen molar-refractivity contribution >= 4 is 22.5 Å². The number of methoxy groups -OCH3 is 2. The average Bonchev–Trinajstić information content (AvgIpc) is 2.91. The van der Waals surface area contributed by atoms with Crippen LogP contribution in [0.15, 0.2) is 42.5 Å². The lowest BCUT2D eigenvalue weighted by molar-refractivity contribution is 0.102. The number of benzene rings is 2. The number of hydrogen-bond donors (Lipinski definition) is 2. The first kappa shape index (κ1) is 15.0. The maximum atomic E-state index is 12.8. The van der Waals surface area contributed by atoms with E-state index < -0.39 is 0 Å². The highest BCUT2D eigenvalue weighted by Crippen LogP contribution is 2.31. The average molecular weight is 310 g/mol. The molecule has 0 saturated carbocycles. The fourth-order valence-corrected chi connectivity index (χ4v) is 2.72. The topological polar surface area (TPSA) is 63.3 Å². The summed E-state index contributed by atoms with van der Waals surface area (Å²) in [5, 5.41) is 3.74. The van der Waals surface area contributed by atoms with Crippen LogP contribution >= 0.6 is 0 Å². The first-order valence-electron chi connectivity index (χ1n) is 7.25. The van der Waals surface area contributed by atoms with Gasteiger partial charge in [-0.05, 0) is 25.1 Å². The number of carbonyl (C=O) groups is 1. The van der Waals surface area contributed by atoms with Crippen LogP contribution in [-0.2, 0) is 0 Å². The zero-order chi connectivity index (χ0) is 16.4. The Labute approximate surface area is 134 Å². The van der Waals surface area contributed by atoms with Crippen molar-refractivity contribution in [3.63, 3.8) is 0 Å². The van der Waals surface area contributed by atoms with Gasteiger partial charge in [0.15, 0.2) is 0 Å². The van der Waals surface area contributed by atoms with E-state index in [4.69, 9.17) is 9.47 Å². The summed E-state index contributed by atoms with van der Waals surface area (Å²) in [7, 11) is 3.19. The van der Waals surface area contributed by atoms with Gasteiger partial charge in [0.05, 0.1) is 31.0 Å². The van der Waals surface area contributed by atoms with Gasteiger partial charge in [-0.15, -0.1) is 0 Å². The van der Waals surface area contributed by atoms with E-state index in [1.165, 1.54) is 0 Å². The van der Waals surface area contributed by atoms with Gasteiger partial charge in [-0.25, -0.2) is 0 Å². The van der Waals surface area contributed by atoms with Crippen molar-refractivity contribution in [2.75, 3.05) is 19.5 Å². The number of amides is 1. The van der Waals surface area contributed by atoms with Crippen LogP contribution < -0.4 is 14.8 Å². The van der Waals surface area contributed by atoms with Crippen LogP contribution in [-0.4, -0.2) is 25.1 Å². The molecule has 0 aliphatic carbocycles. The van der Waals surface area contributed by atoms with Crippen molar-refractivity contribution in [2.45, 2.75) is 6.92 Å². The van der Waals surface area contributed by atoms with Gasteiger partial charge in [0.1, 0.15) is 11.5 Å². The standard InChI is InChI=1S/C18H18N2O3/c1-11-16(12-7-6-10-15(23-3)17(12)19-11)18(21)20-13-8-4-5-9-14(13)22-2/h4-10,19H,1-3H3,(H,20,21). The molecule has 0 aliphatic heterocycles. The van der Waals surface area contributed by atoms with E-state index in [-0.39, 0.29) is 5.91 Å². The molecule has 0 spiro atoms. The number of anilines is 1. The second kappa shape index (κ2) is 6.04. The molecule has 0 aliphatic rings. The van der Waals surface area contributed by atoms with Crippen molar-refractivity contribution in [3.8, 4) is 11.5 Å². The van der Waals surface area contributed by atoms with Crippen LogP contribution in [0.4, 0.5) is 5.69 Å². The Bertz CT molecular complexity index is 868. The molecule has 3 rings (SSSR count). The van der Waals surface area contributed by atoms with Gasteiger partial charge in [0.25, 0.3) is 5.91 Å². The molecule has 23 heavy (non-hydrogen) atoms. The van der Waals surface area contributed by atoms with Crippen molar-refractivity contribution < 1.29 is 14.3 Å². The number of nitrogens with one attached hydrogen (secondary N) is 2. The highest BCUT2D eigenvalue weighted by molar-refractivity contribution is 6.15. The lowest BCUT2D eigenvalue weighted by Gasteiger charge is -2.10. The number of aromatic amines is 1. The number of para-hydroxylation sites is 3. The van der Waals surface area contributed by atoms with E-state index in [1.807, 2.05) is 43.3 Å². The van der Waals surface area contributed by atoms with Crippen molar-refractivity contribution in [3.05, 3.63) is 53.7 Å². The Morgan fingerprint density at radius 2 is 1.70 bits per heavy atom. The molecule has 0 bridgehead atoms. The van der Waals surface area contributed by atoms with Crippen molar-refractivity contribution in [2.24, 2.45) is 0 Å². The highest BCUT2D eigenvalue weighted by atomic mass is 16.5. The quantitative estimate of drug-likeness (QED) is 0.771. The molecule has 1 heterocycles. The summed E-state index contributed by atoms with van der Waals surface area (Å²) in [6.07, 6.45) is 0. The van der Waals surface area contributed by atoms with Gasteiger partial charge in [0, 0.05) is 11.1 Å². The van der Waals surface area contributed by atoms with Crippen LogP contribution in [0.2, 0.25) is 0 Å². The van der Waals surface area contributed by atoms with Crippen LogP contribution in [0.1, 0.15) is 16.1 Å². The van der Waals surface area contributed by atoms with E-state index in [0.29, 0.717) is 22.7 Å². The second-order valence-electron chi connectivity index (χ2n) is 5.16. The summed E-state index contributed by atoms with van der Waals surface area (Å²) < 4.78 is 10.6.